The molecule has 1 aliphatic rings. The van der Waals surface area contributed by atoms with Crippen LogP contribution in [-0.4, -0.2) is 22.9 Å². The molecular formula is C11H13F2N3O. The largest absolute Gasteiger partial charge is 0.371 e. The highest BCUT2D eigenvalue weighted by Gasteiger charge is 2.29. The van der Waals surface area contributed by atoms with E-state index in [1.807, 2.05) is 0 Å². The summed E-state index contributed by atoms with van der Waals surface area (Å²) in [7, 11) is 0. The molecule has 92 valence electrons. The van der Waals surface area contributed by atoms with Crippen LogP contribution in [0.3, 0.4) is 0 Å². The highest BCUT2D eigenvalue weighted by molar-refractivity contribution is 5.49. The van der Waals surface area contributed by atoms with Crippen LogP contribution in [0.25, 0.3) is 0 Å². The molecule has 1 aromatic heterocycles. The minimum absolute atomic E-state index is 0.144. The van der Waals surface area contributed by atoms with Crippen molar-refractivity contribution in [3.63, 3.8) is 0 Å². The number of aliphatic hydroxyl groups is 1. The number of aromatic nitrogens is 1. The standard InChI is InChI=1S/C11H13F2N3O/c1-7-15-6-10(17)16(7)9-5-8(3-4-14-9)11(2,12)13/h3-5,10,15,17H,1,6H2,2H3. The van der Waals surface area contributed by atoms with Gasteiger partial charge >= 0.3 is 0 Å². The minimum atomic E-state index is -2.93. The number of hydrogen-bond acceptors (Lipinski definition) is 4. The van der Waals surface area contributed by atoms with E-state index in [2.05, 4.69) is 16.9 Å². The Hall–Kier alpha value is -1.69. The fraction of sp³-hybridized carbons (Fsp3) is 0.364. The van der Waals surface area contributed by atoms with Crippen molar-refractivity contribution < 1.29 is 13.9 Å². The van der Waals surface area contributed by atoms with Crippen molar-refractivity contribution in [2.75, 3.05) is 11.4 Å². The maximum atomic E-state index is 13.2. The number of alkyl halides is 2. The van der Waals surface area contributed by atoms with Crippen molar-refractivity contribution in [3.05, 3.63) is 36.3 Å². The Balaban J connectivity index is 2.37. The summed E-state index contributed by atoms with van der Waals surface area (Å²) in [5.41, 5.74) is -0.144. The lowest BCUT2D eigenvalue weighted by molar-refractivity contribution is 0.0174. The molecule has 2 heterocycles. The first kappa shape index (κ1) is 11.8. The zero-order chi connectivity index (χ0) is 12.6. The second-order valence-electron chi connectivity index (χ2n) is 3.97. The van der Waals surface area contributed by atoms with E-state index in [-0.39, 0.29) is 11.4 Å². The Labute approximate surface area is 97.6 Å². The van der Waals surface area contributed by atoms with Gasteiger partial charge in [0, 0.05) is 18.7 Å². The van der Waals surface area contributed by atoms with Gasteiger partial charge in [-0.2, -0.15) is 0 Å². The highest BCUT2D eigenvalue weighted by Crippen LogP contribution is 2.30. The fourth-order valence-electron chi connectivity index (χ4n) is 1.68. The molecule has 17 heavy (non-hydrogen) atoms. The number of rotatable bonds is 2. The summed E-state index contributed by atoms with van der Waals surface area (Å²) in [6.07, 6.45) is 0.455. The van der Waals surface area contributed by atoms with Crippen LogP contribution in [0.15, 0.2) is 30.7 Å². The molecule has 6 heteroatoms. The van der Waals surface area contributed by atoms with Crippen LogP contribution in [0.2, 0.25) is 0 Å². The van der Waals surface area contributed by atoms with Gasteiger partial charge in [0.25, 0.3) is 5.92 Å². The molecule has 2 rings (SSSR count). The first-order chi connectivity index (χ1) is 7.89. The molecule has 4 nitrogen and oxygen atoms in total. The van der Waals surface area contributed by atoms with Gasteiger partial charge in [0.2, 0.25) is 0 Å². The molecule has 0 bridgehead atoms. The summed E-state index contributed by atoms with van der Waals surface area (Å²) in [5, 5.41) is 12.5. The van der Waals surface area contributed by atoms with Gasteiger partial charge in [0.1, 0.15) is 11.6 Å². The second-order valence-corrected chi connectivity index (χ2v) is 3.97. The molecule has 1 unspecified atom stereocenters. The van der Waals surface area contributed by atoms with Gasteiger partial charge < -0.3 is 10.4 Å². The summed E-state index contributed by atoms with van der Waals surface area (Å²) in [5.74, 6) is -2.23. The van der Waals surface area contributed by atoms with Crippen LogP contribution in [-0.2, 0) is 5.92 Å². The number of hydrogen-bond donors (Lipinski definition) is 2. The van der Waals surface area contributed by atoms with E-state index in [1.54, 1.807) is 0 Å². The Kier molecular flexibility index (Phi) is 2.74. The van der Waals surface area contributed by atoms with E-state index in [4.69, 9.17) is 0 Å². The average Bonchev–Trinajstić information content (AvgIpc) is 2.57. The lowest BCUT2D eigenvalue weighted by Crippen LogP contribution is -2.29. The third-order valence-corrected chi connectivity index (χ3v) is 2.58. The van der Waals surface area contributed by atoms with Gasteiger partial charge in [0.15, 0.2) is 6.23 Å². The number of nitrogens with one attached hydrogen (secondary N) is 1. The van der Waals surface area contributed by atoms with Crippen molar-refractivity contribution in [1.29, 1.82) is 0 Å². The van der Waals surface area contributed by atoms with Crippen LogP contribution in [0.4, 0.5) is 14.6 Å². The number of β-amino-alcohol motifs (C(OH)–C–C–N with tert-alkyl or cyclic N) is 1. The van der Waals surface area contributed by atoms with Gasteiger partial charge in [-0.3, -0.25) is 4.90 Å². The summed E-state index contributed by atoms with van der Waals surface area (Å²) < 4.78 is 26.3. The molecule has 0 aliphatic carbocycles. The third kappa shape index (κ3) is 2.21. The van der Waals surface area contributed by atoms with Gasteiger partial charge in [-0.25, -0.2) is 13.8 Å². The maximum absolute atomic E-state index is 13.2. The van der Waals surface area contributed by atoms with E-state index in [0.717, 1.165) is 6.92 Å². The molecule has 0 spiro atoms. The number of nitrogens with zero attached hydrogens (tertiary/aromatic N) is 2. The molecule has 0 aromatic carbocycles. The van der Waals surface area contributed by atoms with Crippen LogP contribution in [0.1, 0.15) is 12.5 Å². The SMILES string of the molecule is C=C1NCC(O)N1c1cc(C(C)(F)F)ccn1. The number of aliphatic hydroxyl groups excluding tert-OH is 1. The van der Waals surface area contributed by atoms with E-state index < -0.39 is 12.2 Å². The molecule has 1 fully saturated rings. The van der Waals surface area contributed by atoms with Crippen LogP contribution < -0.4 is 10.2 Å². The van der Waals surface area contributed by atoms with Crippen LogP contribution in [0.5, 0.6) is 0 Å². The Morgan fingerprint density at radius 3 is 2.88 bits per heavy atom. The zero-order valence-corrected chi connectivity index (χ0v) is 9.32. The van der Waals surface area contributed by atoms with Crippen molar-refractivity contribution in [1.82, 2.24) is 10.3 Å². The lowest BCUT2D eigenvalue weighted by Gasteiger charge is -2.22. The summed E-state index contributed by atoms with van der Waals surface area (Å²) in [6, 6.07) is 2.50. The topological polar surface area (TPSA) is 48.4 Å². The Morgan fingerprint density at radius 1 is 1.65 bits per heavy atom. The quantitative estimate of drug-likeness (QED) is 0.821. The number of anilines is 1. The molecule has 1 aliphatic heterocycles. The Bertz CT molecular complexity index is 445. The van der Waals surface area contributed by atoms with E-state index in [9.17, 15) is 13.9 Å². The van der Waals surface area contributed by atoms with E-state index >= 15 is 0 Å². The lowest BCUT2D eigenvalue weighted by atomic mass is 10.1. The van der Waals surface area contributed by atoms with Gasteiger partial charge in [-0.05, 0) is 12.1 Å². The molecule has 0 saturated carbocycles. The van der Waals surface area contributed by atoms with Crippen molar-refractivity contribution in [3.8, 4) is 0 Å². The summed E-state index contributed by atoms with van der Waals surface area (Å²) in [4.78, 5) is 5.35. The number of pyridine rings is 1. The summed E-state index contributed by atoms with van der Waals surface area (Å²) in [6.45, 7) is 4.80. The predicted octanol–water partition coefficient (Wildman–Crippen LogP) is 1.39. The van der Waals surface area contributed by atoms with E-state index in [1.165, 1.54) is 23.2 Å². The second kappa shape index (κ2) is 3.96. The zero-order valence-electron chi connectivity index (χ0n) is 9.32. The third-order valence-electron chi connectivity index (χ3n) is 2.58. The molecule has 1 aromatic rings. The van der Waals surface area contributed by atoms with Gasteiger partial charge in [-0.15, -0.1) is 0 Å². The highest BCUT2D eigenvalue weighted by atomic mass is 19.3. The fourth-order valence-corrected chi connectivity index (χ4v) is 1.68. The molecule has 1 saturated heterocycles. The van der Waals surface area contributed by atoms with Crippen LogP contribution >= 0.6 is 0 Å². The van der Waals surface area contributed by atoms with E-state index in [0.29, 0.717) is 12.4 Å². The normalized spacial score (nSPS) is 20.6. The van der Waals surface area contributed by atoms with Crippen molar-refractivity contribution in [2.45, 2.75) is 19.1 Å². The van der Waals surface area contributed by atoms with Gasteiger partial charge in [0.05, 0.1) is 6.54 Å². The molecule has 0 amide bonds. The van der Waals surface area contributed by atoms with Crippen molar-refractivity contribution in [2.24, 2.45) is 0 Å². The smallest absolute Gasteiger partial charge is 0.270 e. The number of halogens is 2. The minimum Gasteiger partial charge on any atom is -0.371 e. The first-order valence-electron chi connectivity index (χ1n) is 5.14. The molecule has 1 atom stereocenters. The maximum Gasteiger partial charge on any atom is 0.270 e. The average molecular weight is 241 g/mol. The summed E-state index contributed by atoms with van der Waals surface area (Å²) >= 11 is 0. The molecule has 2 N–H and O–H groups in total. The van der Waals surface area contributed by atoms with Crippen molar-refractivity contribution >= 4 is 5.82 Å². The van der Waals surface area contributed by atoms with Crippen LogP contribution in [0, 0.1) is 0 Å². The van der Waals surface area contributed by atoms with Gasteiger partial charge in [-0.1, -0.05) is 6.58 Å². The molecular weight excluding hydrogens is 228 g/mol. The predicted molar refractivity (Wildman–Crippen MR) is 59.4 cm³/mol. The first-order valence-corrected chi connectivity index (χ1v) is 5.14. The molecule has 0 radical (unpaired) electrons. The monoisotopic (exact) mass is 241 g/mol. The Morgan fingerprint density at radius 2 is 2.35 bits per heavy atom.